The molecule has 0 radical (unpaired) electrons. The van der Waals surface area contributed by atoms with Gasteiger partial charge in [-0.1, -0.05) is 79.7 Å². The quantitative estimate of drug-likeness (QED) is 0.580. The minimum Gasteiger partial charge on any atom is -0.412 e. The molecule has 2 N–H and O–H groups in total. The van der Waals surface area contributed by atoms with E-state index in [-0.39, 0.29) is 5.48 Å². The van der Waals surface area contributed by atoms with E-state index in [1.807, 2.05) is 18.2 Å². The average molecular weight is 349 g/mol. The lowest BCUT2D eigenvalue weighted by Crippen LogP contribution is -2.22. The summed E-state index contributed by atoms with van der Waals surface area (Å²) in [6, 6.07) is 27.4. The largest absolute Gasteiger partial charge is 0.412 e. The van der Waals surface area contributed by atoms with Crippen LogP contribution < -0.4 is 4.90 Å². The maximum absolute atomic E-state index is 5.91. The van der Waals surface area contributed by atoms with E-state index in [4.69, 9.17) is 4.74 Å². The third-order valence-electron chi connectivity index (χ3n) is 4.40. The normalized spacial score (nSPS) is 10.2. The van der Waals surface area contributed by atoms with E-state index in [1.165, 1.54) is 27.9 Å². The van der Waals surface area contributed by atoms with Crippen molar-refractivity contribution in [1.29, 1.82) is 0 Å². The highest BCUT2D eigenvalue weighted by atomic mass is 16.5. The van der Waals surface area contributed by atoms with Crippen LogP contribution in [0.2, 0.25) is 0 Å². The molecule has 3 aromatic rings. The van der Waals surface area contributed by atoms with E-state index >= 15 is 0 Å². The molecule has 0 aliphatic heterocycles. The van der Waals surface area contributed by atoms with Crippen LogP contribution in [0.3, 0.4) is 0 Å². The Labute approximate surface area is 156 Å². The van der Waals surface area contributed by atoms with Gasteiger partial charge in [-0.2, -0.15) is 0 Å². The Hall–Kier alpha value is -2.62. The van der Waals surface area contributed by atoms with Crippen LogP contribution in [0.5, 0.6) is 0 Å². The van der Waals surface area contributed by atoms with Crippen molar-refractivity contribution in [3.05, 3.63) is 90.0 Å². The smallest absolute Gasteiger partial charge is 0.119 e. The van der Waals surface area contributed by atoms with Gasteiger partial charge in [-0.05, 0) is 34.7 Å². The summed E-state index contributed by atoms with van der Waals surface area (Å²) in [5.74, 6) is 0. The molecule has 0 aromatic heterocycles. The lowest BCUT2D eigenvalue weighted by Gasteiger charge is -2.24. The second kappa shape index (κ2) is 9.76. The maximum Gasteiger partial charge on any atom is 0.119 e. The van der Waals surface area contributed by atoms with Gasteiger partial charge in [0.25, 0.3) is 0 Å². The first kappa shape index (κ1) is 19.7. The van der Waals surface area contributed by atoms with Crippen molar-refractivity contribution < 1.29 is 10.2 Å². The van der Waals surface area contributed by atoms with Gasteiger partial charge in [-0.15, -0.1) is 0 Å². The van der Waals surface area contributed by atoms with Crippen molar-refractivity contribution in [2.75, 3.05) is 18.7 Å². The number of ether oxygens (including phenoxy) is 1. The number of rotatable bonds is 7. The van der Waals surface area contributed by atoms with Crippen LogP contribution in [0.1, 0.15) is 18.1 Å². The molecule has 0 bridgehead atoms. The van der Waals surface area contributed by atoms with Crippen LogP contribution in [0.15, 0.2) is 78.9 Å². The monoisotopic (exact) mass is 349 g/mol. The average Bonchev–Trinajstić information content (AvgIpc) is 2.68. The summed E-state index contributed by atoms with van der Waals surface area (Å²) in [5, 5.41) is 0. The van der Waals surface area contributed by atoms with E-state index in [9.17, 15) is 0 Å². The molecular formula is C23H27NO2. The van der Waals surface area contributed by atoms with Crippen LogP contribution in [-0.2, 0) is 17.8 Å². The first-order valence-electron chi connectivity index (χ1n) is 8.79. The maximum atomic E-state index is 5.91. The second-order valence-electron chi connectivity index (χ2n) is 6.18. The van der Waals surface area contributed by atoms with Gasteiger partial charge in [0.2, 0.25) is 0 Å². The Morgan fingerprint density at radius 3 is 2.12 bits per heavy atom. The van der Waals surface area contributed by atoms with Gasteiger partial charge < -0.3 is 15.1 Å². The second-order valence-corrected chi connectivity index (χ2v) is 6.18. The third-order valence-corrected chi connectivity index (χ3v) is 4.40. The number of anilines is 1. The van der Waals surface area contributed by atoms with Gasteiger partial charge in [0.05, 0.1) is 6.61 Å². The molecule has 3 aromatic carbocycles. The first-order chi connectivity index (χ1) is 12.3. The number of hydrogen-bond acceptors (Lipinski definition) is 2. The van der Waals surface area contributed by atoms with Gasteiger partial charge in [-0.3, -0.25) is 0 Å². The SMILES string of the molecule is CCc1c(-c2ccccc2)cccc1N(C)COCc1ccccc1.O. The molecule has 0 amide bonds. The fraction of sp³-hybridized carbons (Fsp3) is 0.217. The first-order valence-corrected chi connectivity index (χ1v) is 8.79. The summed E-state index contributed by atoms with van der Waals surface area (Å²) in [6.07, 6.45) is 0.990. The van der Waals surface area contributed by atoms with E-state index in [0.29, 0.717) is 13.3 Å². The Kier molecular flexibility index (Phi) is 7.39. The molecule has 0 saturated heterocycles. The molecule has 0 unspecified atom stereocenters. The molecule has 3 heteroatoms. The summed E-state index contributed by atoms with van der Waals surface area (Å²) in [5.41, 5.74) is 6.36. The summed E-state index contributed by atoms with van der Waals surface area (Å²) >= 11 is 0. The van der Waals surface area contributed by atoms with Gasteiger partial charge in [0, 0.05) is 12.7 Å². The number of hydrogen-bond donors (Lipinski definition) is 0. The van der Waals surface area contributed by atoms with Gasteiger partial charge in [0.1, 0.15) is 6.73 Å². The molecule has 0 atom stereocenters. The molecule has 3 rings (SSSR count). The van der Waals surface area contributed by atoms with E-state index in [0.717, 1.165) is 6.42 Å². The molecule has 0 spiro atoms. The third kappa shape index (κ3) is 4.72. The molecule has 0 saturated carbocycles. The van der Waals surface area contributed by atoms with Crippen molar-refractivity contribution >= 4 is 5.69 Å². The van der Waals surface area contributed by atoms with Gasteiger partial charge >= 0.3 is 0 Å². The molecule has 0 aliphatic carbocycles. The van der Waals surface area contributed by atoms with Crippen molar-refractivity contribution in [2.45, 2.75) is 20.0 Å². The Morgan fingerprint density at radius 2 is 1.46 bits per heavy atom. The van der Waals surface area contributed by atoms with E-state index in [1.54, 1.807) is 0 Å². The zero-order valence-corrected chi connectivity index (χ0v) is 15.5. The summed E-state index contributed by atoms with van der Waals surface area (Å²) < 4.78 is 5.91. The van der Waals surface area contributed by atoms with E-state index < -0.39 is 0 Å². The van der Waals surface area contributed by atoms with Crippen LogP contribution >= 0.6 is 0 Å². The fourth-order valence-corrected chi connectivity index (χ4v) is 3.14. The summed E-state index contributed by atoms with van der Waals surface area (Å²) in [7, 11) is 2.09. The molecular weight excluding hydrogens is 322 g/mol. The Bertz CT molecular complexity index is 788. The zero-order valence-electron chi connectivity index (χ0n) is 15.5. The highest BCUT2D eigenvalue weighted by Gasteiger charge is 2.11. The lowest BCUT2D eigenvalue weighted by molar-refractivity contribution is 0.124. The highest BCUT2D eigenvalue weighted by molar-refractivity contribution is 5.74. The van der Waals surface area contributed by atoms with Crippen molar-refractivity contribution in [3.63, 3.8) is 0 Å². The van der Waals surface area contributed by atoms with Crippen LogP contribution in [-0.4, -0.2) is 19.3 Å². The van der Waals surface area contributed by atoms with Gasteiger partial charge in [0.15, 0.2) is 0 Å². The van der Waals surface area contributed by atoms with Crippen molar-refractivity contribution in [1.82, 2.24) is 0 Å². The predicted molar refractivity (Wildman–Crippen MR) is 109 cm³/mol. The van der Waals surface area contributed by atoms with Gasteiger partial charge in [-0.25, -0.2) is 0 Å². The number of benzene rings is 3. The fourth-order valence-electron chi connectivity index (χ4n) is 3.14. The van der Waals surface area contributed by atoms with E-state index in [2.05, 4.69) is 79.5 Å². The van der Waals surface area contributed by atoms with Crippen LogP contribution in [0.25, 0.3) is 11.1 Å². The molecule has 3 nitrogen and oxygen atoms in total. The summed E-state index contributed by atoms with van der Waals surface area (Å²) in [4.78, 5) is 2.19. The van der Waals surface area contributed by atoms with Crippen molar-refractivity contribution in [2.24, 2.45) is 0 Å². The molecule has 0 fully saturated rings. The predicted octanol–water partition coefficient (Wildman–Crippen LogP) is 4.70. The standard InChI is InChI=1S/C23H25NO.H2O/c1-3-21-22(20-13-8-5-9-14-20)15-10-16-23(21)24(2)18-25-17-19-11-6-4-7-12-19;/h4-16H,3,17-18H2,1-2H3;1H2. The number of nitrogens with zero attached hydrogens (tertiary/aromatic N) is 1. The molecule has 136 valence electrons. The Balaban J connectivity index is 0.00000243. The topological polar surface area (TPSA) is 44.0 Å². The summed E-state index contributed by atoms with van der Waals surface area (Å²) in [6.45, 7) is 3.41. The van der Waals surface area contributed by atoms with Crippen LogP contribution in [0.4, 0.5) is 5.69 Å². The van der Waals surface area contributed by atoms with Crippen molar-refractivity contribution in [3.8, 4) is 11.1 Å². The lowest BCUT2D eigenvalue weighted by atomic mass is 9.96. The highest BCUT2D eigenvalue weighted by Crippen LogP contribution is 2.31. The molecule has 0 aliphatic rings. The minimum absolute atomic E-state index is 0. The molecule has 0 heterocycles. The van der Waals surface area contributed by atoms with Crippen LogP contribution in [0, 0.1) is 0 Å². The minimum atomic E-state index is 0. The zero-order chi connectivity index (χ0) is 17.5. The Morgan fingerprint density at radius 1 is 0.808 bits per heavy atom. The molecule has 26 heavy (non-hydrogen) atoms.